The summed E-state index contributed by atoms with van der Waals surface area (Å²) in [5.74, 6) is 0.355. The van der Waals surface area contributed by atoms with E-state index in [0.717, 1.165) is 0 Å². The smallest absolute Gasteiger partial charge is 0.237 e. The van der Waals surface area contributed by atoms with Crippen molar-refractivity contribution in [3.05, 3.63) is 45.7 Å². The van der Waals surface area contributed by atoms with Crippen molar-refractivity contribution in [1.29, 1.82) is 0 Å². The third-order valence-electron chi connectivity index (χ3n) is 2.86. The number of hydrogen-bond acceptors (Lipinski definition) is 3. The van der Waals surface area contributed by atoms with E-state index in [2.05, 4.69) is 36.8 Å². The molecule has 2 aromatic heterocycles. The molecular formula is C15H16Br2N2O2. The van der Waals surface area contributed by atoms with E-state index in [1.54, 1.807) is 23.0 Å². The van der Waals surface area contributed by atoms with Gasteiger partial charge >= 0.3 is 0 Å². The number of nitrogens with zero attached hydrogens (tertiary/aromatic N) is 2. The quantitative estimate of drug-likeness (QED) is 0.685. The number of hydrogen-bond donors (Lipinski definition) is 0. The average molecular weight is 416 g/mol. The largest absolute Gasteiger partial charge is 0.445 e. The van der Waals surface area contributed by atoms with Crippen molar-refractivity contribution in [1.82, 2.24) is 9.55 Å². The van der Waals surface area contributed by atoms with Crippen LogP contribution in [0.3, 0.4) is 0 Å². The fourth-order valence-electron chi connectivity index (χ4n) is 1.71. The molecule has 0 amide bonds. The lowest BCUT2D eigenvalue weighted by atomic mass is 9.89. The van der Waals surface area contributed by atoms with Crippen molar-refractivity contribution < 1.29 is 9.53 Å². The first-order valence-corrected chi connectivity index (χ1v) is 8.03. The zero-order valence-electron chi connectivity index (χ0n) is 12.0. The molecule has 0 aromatic carbocycles. The van der Waals surface area contributed by atoms with Crippen LogP contribution in [0.4, 0.5) is 0 Å². The fraction of sp³-hybridized carbons (Fsp3) is 0.333. The van der Waals surface area contributed by atoms with Gasteiger partial charge < -0.3 is 9.30 Å². The van der Waals surface area contributed by atoms with Crippen molar-refractivity contribution in [3.8, 4) is 5.88 Å². The maximum absolute atomic E-state index is 12.7. The molecule has 0 bridgehead atoms. The Bertz CT molecular complexity index is 634. The molecule has 0 aliphatic carbocycles. The minimum absolute atomic E-state index is 0.0209. The van der Waals surface area contributed by atoms with E-state index in [4.69, 9.17) is 4.74 Å². The van der Waals surface area contributed by atoms with E-state index in [1.165, 1.54) is 0 Å². The second-order valence-corrected chi connectivity index (χ2v) is 7.30. The zero-order chi connectivity index (χ0) is 15.6. The summed E-state index contributed by atoms with van der Waals surface area (Å²) < 4.78 is 8.97. The lowest BCUT2D eigenvalue weighted by Gasteiger charge is -2.26. The number of pyridine rings is 1. The maximum Gasteiger partial charge on any atom is 0.237 e. The monoisotopic (exact) mass is 414 g/mol. The molecule has 0 saturated carbocycles. The molecule has 4 nitrogen and oxygen atoms in total. The molecule has 6 heteroatoms. The van der Waals surface area contributed by atoms with E-state index in [-0.39, 0.29) is 5.78 Å². The van der Waals surface area contributed by atoms with Crippen LogP contribution in [-0.4, -0.2) is 15.3 Å². The standard InChI is InChI=1S/C15H16Br2N2O2/c1-15(2,3)12(20)14(19-8-4-5-9-19)21-13-10(16)6-7-11(17)18-13/h4-9,14H,1-3H3. The van der Waals surface area contributed by atoms with Crippen molar-refractivity contribution in [2.45, 2.75) is 27.0 Å². The zero-order valence-corrected chi connectivity index (χ0v) is 15.2. The normalized spacial score (nSPS) is 13.0. The van der Waals surface area contributed by atoms with Gasteiger partial charge in [-0.25, -0.2) is 4.98 Å². The molecular weight excluding hydrogens is 400 g/mol. The van der Waals surface area contributed by atoms with Crippen molar-refractivity contribution in [2.75, 3.05) is 0 Å². The number of carbonyl (C=O) groups is 1. The first kappa shape index (κ1) is 16.2. The Morgan fingerprint density at radius 2 is 1.86 bits per heavy atom. The van der Waals surface area contributed by atoms with Gasteiger partial charge in [-0.1, -0.05) is 20.8 Å². The highest BCUT2D eigenvalue weighted by Gasteiger charge is 2.33. The van der Waals surface area contributed by atoms with Crippen LogP contribution in [0.2, 0.25) is 0 Å². The highest BCUT2D eigenvalue weighted by Crippen LogP contribution is 2.31. The maximum atomic E-state index is 12.7. The number of carbonyl (C=O) groups excluding carboxylic acids is 1. The summed E-state index contributed by atoms with van der Waals surface area (Å²) in [6.45, 7) is 5.62. The van der Waals surface area contributed by atoms with Crippen LogP contribution >= 0.6 is 31.9 Å². The lowest BCUT2D eigenvalue weighted by molar-refractivity contribution is -0.137. The number of ketones is 1. The predicted molar refractivity (Wildman–Crippen MR) is 88.2 cm³/mol. The van der Waals surface area contributed by atoms with Gasteiger partial charge in [0.2, 0.25) is 12.1 Å². The van der Waals surface area contributed by atoms with Crippen LogP contribution < -0.4 is 4.74 Å². The number of aromatic nitrogens is 2. The summed E-state index contributed by atoms with van der Waals surface area (Å²) >= 11 is 6.70. The van der Waals surface area contributed by atoms with Crippen LogP contribution in [0.5, 0.6) is 5.88 Å². The van der Waals surface area contributed by atoms with Gasteiger partial charge in [-0.15, -0.1) is 0 Å². The summed E-state index contributed by atoms with van der Waals surface area (Å²) in [6, 6.07) is 7.33. The molecule has 0 aliphatic rings. The summed E-state index contributed by atoms with van der Waals surface area (Å²) in [7, 11) is 0. The predicted octanol–water partition coefficient (Wildman–Crippen LogP) is 4.60. The van der Waals surface area contributed by atoms with Gasteiger partial charge in [0, 0.05) is 17.8 Å². The van der Waals surface area contributed by atoms with Gasteiger partial charge in [0.1, 0.15) is 4.60 Å². The molecule has 0 spiro atoms. The number of halogens is 2. The van der Waals surface area contributed by atoms with Crippen LogP contribution in [0.1, 0.15) is 27.0 Å². The van der Waals surface area contributed by atoms with Crippen molar-refractivity contribution >= 4 is 37.6 Å². The topological polar surface area (TPSA) is 44.1 Å². The molecule has 2 heterocycles. The molecule has 0 aliphatic heterocycles. The number of ether oxygens (including phenoxy) is 1. The Balaban J connectivity index is 2.37. The Hall–Kier alpha value is -1.14. The Morgan fingerprint density at radius 3 is 2.43 bits per heavy atom. The summed E-state index contributed by atoms with van der Waals surface area (Å²) in [5, 5.41) is 0. The number of rotatable bonds is 4. The molecule has 0 radical (unpaired) electrons. The molecule has 112 valence electrons. The molecule has 2 rings (SSSR count). The Labute approximate surface area is 140 Å². The van der Waals surface area contributed by atoms with E-state index in [1.807, 2.05) is 39.0 Å². The molecule has 0 fully saturated rings. The highest BCUT2D eigenvalue weighted by atomic mass is 79.9. The minimum atomic E-state index is -0.752. The third kappa shape index (κ3) is 3.95. The van der Waals surface area contributed by atoms with Crippen LogP contribution in [-0.2, 0) is 4.79 Å². The second kappa shape index (κ2) is 6.32. The van der Waals surface area contributed by atoms with Gasteiger partial charge in [-0.05, 0) is 56.1 Å². The summed E-state index contributed by atoms with van der Waals surface area (Å²) in [4.78, 5) is 16.9. The number of Topliss-reactive ketones (excluding diaryl/α,β-unsaturated/α-hetero) is 1. The highest BCUT2D eigenvalue weighted by molar-refractivity contribution is 9.11. The average Bonchev–Trinajstić information content (AvgIpc) is 2.91. The molecule has 2 aromatic rings. The third-order valence-corrected chi connectivity index (χ3v) is 3.91. The Morgan fingerprint density at radius 1 is 1.24 bits per heavy atom. The molecule has 1 atom stereocenters. The van der Waals surface area contributed by atoms with Gasteiger partial charge in [-0.3, -0.25) is 4.79 Å². The van der Waals surface area contributed by atoms with Gasteiger partial charge in [0.05, 0.1) is 4.47 Å². The first-order valence-electron chi connectivity index (χ1n) is 6.44. The second-order valence-electron chi connectivity index (χ2n) is 5.64. The molecule has 0 saturated heterocycles. The fourth-order valence-corrected chi connectivity index (χ4v) is 2.32. The van der Waals surface area contributed by atoms with Crippen molar-refractivity contribution in [2.24, 2.45) is 5.41 Å². The lowest BCUT2D eigenvalue weighted by Crippen LogP contribution is -2.33. The molecule has 1 unspecified atom stereocenters. The summed E-state index contributed by atoms with van der Waals surface area (Å²) in [5.41, 5.74) is -0.520. The van der Waals surface area contributed by atoms with Crippen LogP contribution in [0.15, 0.2) is 45.7 Å². The SMILES string of the molecule is CC(C)(C)C(=O)C(Oc1nc(Br)ccc1Br)n1cccc1. The van der Waals surface area contributed by atoms with Crippen molar-refractivity contribution in [3.63, 3.8) is 0 Å². The van der Waals surface area contributed by atoms with Gasteiger partial charge in [0.15, 0.2) is 5.78 Å². The van der Waals surface area contributed by atoms with Crippen LogP contribution in [0.25, 0.3) is 0 Å². The van der Waals surface area contributed by atoms with E-state index >= 15 is 0 Å². The molecule has 21 heavy (non-hydrogen) atoms. The first-order chi connectivity index (χ1) is 9.79. The van der Waals surface area contributed by atoms with Gasteiger partial charge in [0.25, 0.3) is 0 Å². The van der Waals surface area contributed by atoms with Gasteiger partial charge in [-0.2, -0.15) is 0 Å². The van der Waals surface area contributed by atoms with E-state index in [0.29, 0.717) is 15.0 Å². The van der Waals surface area contributed by atoms with Crippen LogP contribution in [0, 0.1) is 5.41 Å². The van der Waals surface area contributed by atoms with E-state index < -0.39 is 11.6 Å². The molecule has 0 N–H and O–H groups in total. The Kier molecular flexibility index (Phi) is 4.88. The van der Waals surface area contributed by atoms with E-state index in [9.17, 15) is 4.79 Å². The summed E-state index contributed by atoms with van der Waals surface area (Å²) in [6.07, 6.45) is 2.86. The minimum Gasteiger partial charge on any atom is -0.445 e.